The number of benzene rings is 1. The van der Waals surface area contributed by atoms with Crippen molar-refractivity contribution in [3.8, 4) is 5.75 Å². The van der Waals surface area contributed by atoms with Gasteiger partial charge >= 0.3 is 0 Å². The summed E-state index contributed by atoms with van der Waals surface area (Å²) in [6.45, 7) is 3.46. The molecule has 0 spiro atoms. The smallest absolute Gasteiger partial charge is 0.260 e. The molecule has 1 aliphatic rings. The highest BCUT2D eigenvalue weighted by Gasteiger charge is 2.22. The Morgan fingerprint density at radius 2 is 2.24 bits per heavy atom. The van der Waals surface area contributed by atoms with Crippen molar-refractivity contribution < 1.29 is 9.53 Å². The van der Waals surface area contributed by atoms with Gasteiger partial charge < -0.3 is 20.3 Å². The molecular weight excluding hydrogens is 266 g/mol. The minimum atomic E-state index is 0.0105. The van der Waals surface area contributed by atoms with Gasteiger partial charge in [-0.15, -0.1) is 0 Å². The molecule has 2 rings (SSSR count). The van der Waals surface area contributed by atoms with Gasteiger partial charge in [-0.2, -0.15) is 0 Å². The molecule has 0 bridgehead atoms. The van der Waals surface area contributed by atoms with Crippen molar-refractivity contribution in [3.05, 3.63) is 29.8 Å². The summed E-state index contributed by atoms with van der Waals surface area (Å²) in [4.78, 5) is 16.2. The number of carbonyl (C=O) groups is 1. The number of likely N-dealkylation sites (tertiary alicyclic amines) is 1. The molecule has 2 N–H and O–H groups in total. The Kier molecular flexibility index (Phi) is 5.59. The van der Waals surface area contributed by atoms with E-state index in [1.165, 1.54) is 0 Å². The number of nitrogens with two attached hydrogens (primary N) is 1. The third-order valence-electron chi connectivity index (χ3n) is 3.99. The van der Waals surface area contributed by atoms with Crippen LogP contribution < -0.4 is 10.5 Å². The maximum absolute atomic E-state index is 12.1. The number of nitrogens with zero attached hydrogens (tertiary/aromatic N) is 2. The summed E-state index contributed by atoms with van der Waals surface area (Å²) in [6.07, 6.45) is 1.16. The highest BCUT2D eigenvalue weighted by molar-refractivity contribution is 5.77. The van der Waals surface area contributed by atoms with Gasteiger partial charge in [-0.1, -0.05) is 18.2 Å². The second-order valence-electron chi connectivity index (χ2n) is 5.79. The molecule has 1 amide bonds. The van der Waals surface area contributed by atoms with Gasteiger partial charge in [0.05, 0.1) is 0 Å². The molecule has 1 aromatic carbocycles. The Labute approximate surface area is 126 Å². The first-order chi connectivity index (χ1) is 10.1. The largest absolute Gasteiger partial charge is 0.483 e. The van der Waals surface area contributed by atoms with Gasteiger partial charge in [0.15, 0.2) is 6.61 Å². The minimum Gasteiger partial charge on any atom is -0.483 e. The normalized spacial score (nSPS) is 18.7. The van der Waals surface area contributed by atoms with E-state index in [4.69, 9.17) is 10.5 Å². The summed E-state index contributed by atoms with van der Waals surface area (Å²) in [5.74, 6) is 1.28. The van der Waals surface area contributed by atoms with Gasteiger partial charge in [-0.25, -0.2) is 0 Å². The number of para-hydroxylation sites is 1. The van der Waals surface area contributed by atoms with Gasteiger partial charge in [0, 0.05) is 32.2 Å². The van der Waals surface area contributed by atoms with Crippen molar-refractivity contribution in [2.24, 2.45) is 11.7 Å². The van der Waals surface area contributed by atoms with E-state index in [2.05, 4.69) is 11.9 Å². The SMILES string of the molecule is CN1CCC(CN(C)C(=O)COc2ccccc2CN)C1. The molecule has 0 radical (unpaired) electrons. The standard InChI is InChI=1S/C16H25N3O2/c1-18-8-7-13(10-18)11-19(2)16(20)12-21-15-6-4-3-5-14(15)9-17/h3-6,13H,7-12,17H2,1-2H3. The molecule has 5 heteroatoms. The zero-order chi connectivity index (χ0) is 15.2. The number of carbonyl (C=O) groups excluding carboxylic acids is 1. The predicted octanol–water partition coefficient (Wildman–Crippen LogP) is 0.934. The Hall–Kier alpha value is -1.59. The molecule has 5 nitrogen and oxygen atoms in total. The van der Waals surface area contributed by atoms with Crippen LogP contribution in [-0.2, 0) is 11.3 Å². The van der Waals surface area contributed by atoms with Crippen molar-refractivity contribution in [1.29, 1.82) is 0 Å². The summed E-state index contributed by atoms with van der Waals surface area (Å²) in [5.41, 5.74) is 6.58. The van der Waals surface area contributed by atoms with E-state index < -0.39 is 0 Å². The van der Waals surface area contributed by atoms with Crippen molar-refractivity contribution in [2.75, 3.05) is 40.3 Å². The first-order valence-corrected chi connectivity index (χ1v) is 7.43. The first-order valence-electron chi connectivity index (χ1n) is 7.43. The second kappa shape index (κ2) is 7.43. The van der Waals surface area contributed by atoms with Crippen molar-refractivity contribution in [3.63, 3.8) is 0 Å². The van der Waals surface area contributed by atoms with Crippen LogP contribution in [0.3, 0.4) is 0 Å². The fourth-order valence-electron chi connectivity index (χ4n) is 2.73. The maximum Gasteiger partial charge on any atom is 0.260 e. The van der Waals surface area contributed by atoms with Crippen molar-refractivity contribution >= 4 is 5.91 Å². The summed E-state index contributed by atoms with van der Waals surface area (Å²) in [7, 11) is 3.97. The zero-order valence-corrected chi connectivity index (χ0v) is 12.9. The number of likely N-dealkylation sites (N-methyl/N-ethyl adjacent to an activating group) is 1. The van der Waals surface area contributed by atoms with E-state index in [1.54, 1.807) is 4.90 Å². The van der Waals surface area contributed by atoms with Crippen LogP contribution in [0.15, 0.2) is 24.3 Å². The average molecular weight is 291 g/mol. The topological polar surface area (TPSA) is 58.8 Å². The second-order valence-corrected chi connectivity index (χ2v) is 5.79. The molecule has 1 aliphatic heterocycles. The third kappa shape index (κ3) is 4.44. The van der Waals surface area contributed by atoms with Crippen LogP contribution in [0.2, 0.25) is 0 Å². The van der Waals surface area contributed by atoms with Gasteiger partial charge in [0.2, 0.25) is 0 Å². The molecule has 0 saturated carbocycles. The van der Waals surface area contributed by atoms with Crippen molar-refractivity contribution in [1.82, 2.24) is 9.80 Å². The fraction of sp³-hybridized carbons (Fsp3) is 0.562. The highest BCUT2D eigenvalue weighted by atomic mass is 16.5. The van der Waals surface area contributed by atoms with E-state index in [9.17, 15) is 4.79 Å². The Balaban J connectivity index is 1.81. The fourth-order valence-corrected chi connectivity index (χ4v) is 2.73. The average Bonchev–Trinajstić information content (AvgIpc) is 2.90. The summed E-state index contributed by atoms with van der Waals surface area (Å²) in [6, 6.07) is 7.57. The number of amides is 1. The molecule has 116 valence electrons. The molecule has 1 heterocycles. The lowest BCUT2D eigenvalue weighted by molar-refractivity contribution is -0.132. The van der Waals surface area contributed by atoms with E-state index >= 15 is 0 Å². The maximum atomic E-state index is 12.1. The lowest BCUT2D eigenvalue weighted by Gasteiger charge is -2.21. The monoisotopic (exact) mass is 291 g/mol. The van der Waals surface area contributed by atoms with Crippen LogP contribution >= 0.6 is 0 Å². The zero-order valence-electron chi connectivity index (χ0n) is 12.9. The van der Waals surface area contributed by atoms with Crippen LogP contribution in [-0.4, -0.2) is 56.0 Å². The van der Waals surface area contributed by atoms with Gasteiger partial charge in [0.25, 0.3) is 5.91 Å². The van der Waals surface area contributed by atoms with Crippen LogP contribution in [0.5, 0.6) is 5.75 Å². The molecule has 0 aromatic heterocycles. The molecule has 21 heavy (non-hydrogen) atoms. The predicted molar refractivity (Wildman–Crippen MR) is 83.1 cm³/mol. The molecule has 1 aromatic rings. The van der Waals surface area contributed by atoms with Crippen LogP contribution in [0.25, 0.3) is 0 Å². The number of rotatable bonds is 6. The molecule has 1 atom stereocenters. The van der Waals surface area contributed by atoms with Crippen LogP contribution in [0.1, 0.15) is 12.0 Å². The van der Waals surface area contributed by atoms with Crippen molar-refractivity contribution in [2.45, 2.75) is 13.0 Å². The van der Waals surface area contributed by atoms with Gasteiger partial charge in [-0.05, 0) is 32.0 Å². The van der Waals surface area contributed by atoms with E-state index in [1.807, 2.05) is 31.3 Å². The number of ether oxygens (including phenoxy) is 1. The molecular formula is C16H25N3O2. The quantitative estimate of drug-likeness (QED) is 0.847. The first kappa shape index (κ1) is 15.8. The summed E-state index contributed by atoms with van der Waals surface area (Å²) >= 11 is 0. The molecule has 1 unspecified atom stereocenters. The molecule has 1 saturated heterocycles. The summed E-state index contributed by atoms with van der Waals surface area (Å²) < 4.78 is 5.61. The number of hydrogen-bond acceptors (Lipinski definition) is 4. The van der Waals surface area contributed by atoms with Crippen LogP contribution in [0, 0.1) is 5.92 Å². The summed E-state index contributed by atoms with van der Waals surface area (Å²) in [5, 5.41) is 0. The van der Waals surface area contributed by atoms with Gasteiger partial charge in [0.1, 0.15) is 5.75 Å². The number of hydrogen-bond donors (Lipinski definition) is 1. The lowest BCUT2D eigenvalue weighted by Crippen LogP contribution is -2.36. The molecule has 1 fully saturated rings. The Morgan fingerprint density at radius 1 is 1.48 bits per heavy atom. The third-order valence-corrected chi connectivity index (χ3v) is 3.99. The lowest BCUT2D eigenvalue weighted by atomic mass is 10.1. The van der Waals surface area contributed by atoms with Crippen LogP contribution in [0.4, 0.5) is 0 Å². The van der Waals surface area contributed by atoms with E-state index in [0.29, 0.717) is 18.2 Å². The minimum absolute atomic E-state index is 0.0105. The molecule has 0 aliphatic carbocycles. The van der Waals surface area contributed by atoms with E-state index in [-0.39, 0.29) is 12.5 Å². The Bertz CT molecular complexity index is 478. The Morgan fingerprint density at radius 3 is 2.90 bits per heavy atom. The highest BCUT2D eigenvalue weighted by Crippen LogP contribution is 2.18. The van der Waals surface area contributed by atoms with E-state index in [0.717, 1.165) is 31.6 Å². The van der Waals surface area contributed by atoms with Gasteiger partial charge in [-0.3, -0.25) is 4.79 Å².